The van der Waals surface area contributed by atoms with Gasteiger partial charge in [-0.15, -0.1) is 0 Å². The maximum Gasteiger partial charge on any atom is 0.257 e. The molecule has 1 amide bonds. The number of hydrogen-bond donors (Lipinski definition) is 2. The van der Waals surface area contributed by atoms with E-state index in [2.05, 4.69) is 26.6 Å². The minimum Gasteiger partial charge on any atom is -0.329 e. The van der Waals surface area contributed by atoms with Crippen molar-refractivity contribution in [3.05, 3.63) is 64.4 Å². The van der Waals surface area contributed by atoms with Gasteiger partial charge in [0.25, 0.3) is 5.91 Å². The third kappa shape index (κ3) is 3.61. The molecule has 0 aromatic heterocycles. The van der Waals surface area contributed by atoms with Crippen LogP contribution in [0.1, 0.15) is 10.4 Å². The summed E-state index contributed by atoms with van der Waals surface area (Å²) in [5, 5.41) is 5.18. The second kappa shape index (κ2) is 6.58. The first kappa shape index (κ1) is 14.6. The van der Waals surface area contributed by atoms with Crippen molar-refractivity contribution >= 4 is 44.9 Å². The van der Waals surface area contributed by atoms with Crippen LogP contribution in [0.4, 0.5) is 10.1 Å². The van der Waals surface area contributed by atoms with Crippen molar-refractivity contribution in [1.82, 2.24) is 5.32 Å². The van der Waals surface area contributed by atoms with E-state index in [1.165, 1.54) is 6.07 Å². The quantitative estimate of drug-likeness (QED) is 0.809. The molecule has 2 rings (SSSR count). The SMILES string of the molecule is O=C(NC(=S)Nc1c(F)cccc1Br)c1ccccc1. The van der Waals surface area contributed by atoms with Crippen molar-refractivity contribution in [1.29, 1.82) is 0 Å². The largest absolute Gasteiger partial charge is 0.329 e. The topological polar surface area (TPSA) is 41.1 Å². The van der Waals surface area contributed by atoms with Crippen LogP contribution in [-0.4, -0.2) is 11.0 Å². The van der Waals surface area contributed by atoms with Gasteiger partial charge in [-0.3, -0.25) is 10.1 Å². The molecule has 2 N–H and O–H groups in total. The predicted octanol–water partition coefficient (Wildman–Crippen LogP) is 3.72. The molecule has 0 saturated carbocycles. The summed E-state index contributed by atoms with van der Waals surface area (Å²) in [4.78, 5) is 11.9. The number of hydrogen-bond acceptors (Lipinski definition) is 2. The summed E-state index contributed by atoms with van der Waals surface area (Å²) in [6.45, 7) is 0. The summed E-state index contributed by atoms with van der Waals surface area (Å²) in [6, 6.07) is 13.2. The third-order valence-corrected chi connectivity index (χ3v) is 3.33. The average Bonchev–Trinajstić information content (AvgIpc) is 2.44. The number of nitrogens with one attached hydrogen (secondary N) is 2. The number of benzene rings is 2. The molecule has 2 aromatic carbocycles. The summed E-state index contributed by atoms with van der Waals surface area (Å²) < 4.78 is 14.1. The average molecular weight is 353 g/mol. The van der Waals surface area contributed by atoms with Gasteiger partial charge in [0.05, 0.1) is 5.69 Å². The van der Waals surface area contributed by atoms with Gasteiger partial charge in [0.2, 0.25) is 0 Å². The second-order valence-electron chi connectivity index (χ2n) is 3.87. The van der Waals surface area contributed by atoms with Gasteiger partial charge in [-0.1, -0.05) is 24.3 Å². The van der Waals surface area contributed by atoms with Gasteiger partial charge in [-0.25, -0.2) is 4.39 Å². The summed E-state index contributed by atoms with van der Waals surface area (Å²) in [6.07, 6.45) is 0. The molecule has 0 heterocycles. The number of halogens is 2. The Morgan fingerprint density at radius 3 is 2.45 bits per heavy atom. The Labute approximate surface area is 129 Å². The van der Waals surface area contributed by atoms with Crippen LogP contribution in [0.15, 0.2) is 53.0 Å². The lowest BCUT2D eigenvalue weighted by Crippen LogP contribution is -2.34. The van der Waals surface area contributed by atoms with Gasteiger partial charge in [-0.05, 0) is 52.4 Å². The van der Waals surface area contributed by atoms with Crippen molar-refractivity contribution < 1.29 is 9.18 Å². The van der Waals surface area contributed by atoms with Crippen LogP contribution in [-0.2, 0) is 0 Å². The molecule has 0 saturated heterocycles. The zero-order valence-electron chi connectivity index (χ0n) is 10.2. The van der Waals surface area contributed by atoms with Crippen molar-refractivity contribution in [2.24, 2.45) is 0 Å². The van der Waals surface area contributed by atoms with E-state index in [0.29, 0.717) is 10.0 Å². The highest BCUT2D eigenvalue weighted by Crippen LogP contribution is 2.24. The maximum absolute atomic E-state index is 13.6. The minimum atomic E-state index is -0.462. The van der Waals surface area contributed by atoms with Crippen molar-refractivity contribution in [3.8, 4) is 0 Å². The number of rotatable bonds is 2. The lowest BCUT2D eigenvalue weighted by atomic mass is 10.2. The number of anilines is 1. The summed E-state index contributed by atoms with van der Waals surface area (Å²) in [5.74, 6) is -0.814. The molecule has 2 aromatic rings. The Balaban J connectivity index is 2.05. The van der Waals surface area contributed by atoms with E-state index in [-0.39, 0.29) is 16.7 Å². The summed E-state index contributed by atoms with van der Waals surface area (Å²) in [7, 11) is 0. The van der Waals surface area contributed by atoms with Gasteiger partial charge < -0.3 is 5.32 Å². The monoisotopic (exact) mass is 352 g/mol. The molecule has 0 aliphatic rings. The number of carbonyl (C=O) groups is 1. The standard InChI is InChI=1S/C14H10BrFN2OS/c15-10-7-4-8-11(16)12(10)17-14(20)18-13(19)9-5-2-1-3-6-9/h1-8H,(H2,17,18,19,20). The first-order valence-electron chi connectivity index (χ1n) is 5.69. The highest BCUT2D eigenvalue weighted by Gasteiger charge is 2.11. The molecule has 0 fully saturated rings. The van der Waals surface area contributed by atoms with Crippen molar-refractivity contribution in [2.45, 2.75) is 0 Å². The van der Waals surface area contributed by atoms with Crippen LogP contribution >= 0.6 is 28.1 Å². The van der Waals surface area contributed by atoms with Crippen LogP contribution in [0.2, 0.25) is 0 Å². The Bertz CT molecular complexity index is 629. The molecule has 0 unspecified atom stereocenters. The molecule has 102 valence electrons. The van der Waals surface area contributed by atoms with Gasteiger partial charge in [0, 0.05) is 10.0 Å². The predicted molar refractivity (Wildman–Crippen MR) is 84.2 cm³/mol. The molecule has 0 radical (unpaired) electrons. The second-order valence-corrected chi connectivity index (χ2v) is 5.13. The third-order valence-electron chi connectivity index (χ3n) is 2.46. The zero-order chi connectivity index (χ0) is 14.5. The molecule has 6 heteroatoms. The van der Waals surface area contributed by atoms with Crippen LogP contribution < -0.4 is 10.6 Å². The van der Waals surface area contributed by atoms with E-state index in [0.717, 1.165) is 0 Å². The number of carbonyl (C=O) groups excluding carboxylic acids is 1. The van der Waals surface area contributed by atoms with Crippen LogP contribution in [0.5, 0.6) is 0 Å². The highest BCUT2D eigenvalue weighted by molar-refractivity contribution is 9.10. The fraction of sp³-hybridized carbons (Fsp3) is 0. The molecule has 0 bridgehead atoms. The molecular formula is C14H10BrFN2OS. The van der Waals surface area contributed by atoms with Gasteiger partial charge >= 0.3 is 0 Å². The first-order chi connectivity index (χ1) is 9.58. The summed E-state index contributed by atoms with van der Waals surface area (Å²) in [5.41, 5.74) is 0.662. The smallest absolute Gasteiger partial charge is 0.257 e. The number of para-hydroxylation sites is 1. The normalized spacial score (nSPS) is 9.90. The molecule has 20 heavy (non-hydrogen) atoms. The van der Waals surface area contributed by atoms with E-state index in [4.69, 9.17) is 12.2 Å². The highest BCUT2D eigenvalue weighted by atomic mass is 79.9. The molecule has 0 spiro atoms. The maximum atomic E-state index is 13.6. The molecule has 0 aliphatic heterocycles. The fourth-order valence-corrected chi connectivity index (χ4v) is 2.16. The van der Waals surface area contributed by atoms with E-state index >= 15 is 0 Å². The zero-order valence-corrected chi connectivity index (χ0v) is 12.6. The molecular weight excluding hydrogens is 343 g/mol. The Kier molecular flexibility index (Phi) is 4.81. The molecule has 3 nitrogen and oxygen atoms in total. The number of amides is 1. The number of thiocarbonyl (C=S) groups is 1. The first-order valence-corrected chi connectivity index (χ1v) is 6.89. The van der Waals surface area contributed by atoms with E-state index < -0.39 is 5.82 Å². The van der Waals surface area contributed by atoms with Gasteiger partial charge in [0.1, 0.15) is 5.82 Å². The Morgan fingerprint density at radius 2 is 1.80 bits per heavy atom. The molecule has 0 aliphatic carbocycles. The van der Waals surface area contributed by atoms with E-state index in [1.54, 1.807) is 36.4 Å². The lowest BCUT2D eigenvalue weighted by Gasteiger charge is -2.11. The molecule has 0 atom stereocenters. The Hall–Kier alpha value is -1.79. The van der Waals surface area contributed by atoms with Crippen LogP contribution in [0.25, 0.3) is 0 Å². The van der Waals surface area contributed by atoms with Crippen LogP contribution in [0, 0.1) is 5.82 Å². The Morgan fingerprint density at radius 1 is 1.10 bits per heavy atom. The van der Waals surface area contributed by atoms with E-state index in [9.17, 15) is 9.18 Å². The lowest BCUT2D eigenvalue weighted by molar-refractivity contribution is 0.0977. The van der Waals surface area contributed by atoms with Crippen molar-refractivity contribution in [2.75, 3.05) is 5.32 Å². The fourth-order valence-electron chi connectivity index (χ4n) is 1.53. The summed E-state index contributed by atoms with van der Waals surface area (Å²) >= 11 is 8.21. The van der Waals surface area contributed by atoms with Gasteiger partial charge in [-0.2, -0.15) is 0 Å². The van der Waals surface area contributed by atoms with Gasteiger partial charge in [0.15, 0.2) is 5.11 Å². The minimum absolute atomic E-state index is 0.0321. The van der Waals surface area contributed by atoms with E-state index in [1.807, 2.05) is 6.07 Å². The van der Waals surface area contributed by atoms with Crippen molar-refractivity contribution in [3.63, 3.8) is 0 Å². The van der Waals surface area contributed by atoms with Crippen LogP contribution in [0.3, 0.4) is 0 Å².